The lowest BCUT2D eigenvalue weighted by Crippen LogP contribution is -2.14. The van der Waals surface area contributed by atoms with Crippen molar-refractivity contribution in [1.82, 2.24) is 24.5 Å². The fourth-order valence-electron chi connectivity index (χ4n) is 3.12. The van der Waals surface area contributed by atoms with Crippen LogP contribution >= 0.6 is 23.2 Å². The van der Waals surface area contributed by atoms with E-state index in [4.69, 9.17) is 28.9 Å². The molecular weight excluding hydrogens is 475 g/mol. The van der Waals surface area contributed by atoms with Crippen LogP contribution in [0.25, 0.3) is 17.1 Å². The average Bonchev–Trinajstić information content (AvgIpc) is 3.32. The van der Waals surface area contributed by atoms with Gasteiger partial charge in [-0.25, -0.2) is 4.98 Å². The Kier molecular flexibility index (Phi) is 5.81. The third-order valence-electron chi connectivity index (χ3n) is 4.72. The minimum atomic E-state index is -3.04. The molecule has 170 valence electrons. The summed E-state index contributed by atoms with van der Waals surface area (Å²) in [4.78, 5) is 17.1. The van der Waals surface area contributed by atoms with Gasteiger partial charge in [-0.3, -0.25) is 4.79 Å². The first-order valence-electron chi connectivity index (χ1n) is 9.55. The van der Waals surface area contributed by atoms with Gasteiger partial charge in [0, 0.05) is 31.4 Å². The molecule has 0 atom stereocenters. The molecule has 1 amide bonds. The lowest BCUT2D eigenvalue weighted by molar-refractivity contribution is 0.0131. The van der Waals surface area contributed by atoms with E-state index in [0.717, 1.165) is 11.7 Å². The van der Waals surface area contributed by atoms with Crippen molar-refractivity contribution in [2.45, 2.75) is 12.8 Å². The number of rotatable bonds is 6. The third-order valence-corrected chi connectivity index (χ3v) is 5.33. The van der Waals surface area contributed by atoms with Gasteiger partial charge in [0.25, 0.3) is 11.8 Å². The molecule has 4 rings (SSSR count). The fraction of sp³-hybridized carbons (Fsp3) is 0.143. The van der Waals surface area contributed by atoms with Gasteiger partial charge in [0.1, 0.15) is 17.2 Å². The Bertz CT molecular complexity index is 1320. The van der Waals surface area contributed by atoms with E-state index in [0.29, 0.717) is 22.8 Å². The SMILES string of the molecule is Cn1cc(C(C)(F)F)nc1-c1ccc(Nc2nn(-c3c(Cl)cccc3Cl)nc2C(N)=O)cc1. The Balaban J connectivity index is 1.64. The zero-order valence-electron chi connectivity index (χ0n) is 17.4. The van der Waals surface area contributed by atoms with Crippen molar-refractivity contribution in [1.29, 1.82) is 0 Å². The molecule has 3 N–H and O–H groups in total. The topological polar surface area (TPSA) is 104 Å². The van der Waals surface area contributed by atoms with Gasteiger partial charge in [0.2, 0.25) is 0 Å². The molecule has 0 saturated heterocycles. The molecule has 0 fully saturated rings. The van der Waals surface area contributed by atoms with Crippen molar-refractivity contribution in [3.05, 3.63) is 70.1 Å². The molecule has 0 radical (unpaired) electrons. The summed E-state index contributed by atoms with van der Waals surface area (Å²) in [5.41, 5.74) is 6.50. The molecule has 0 aliphatic rings. The second kappa shape index (κ2) is 8.45. The summed E-state index contributed by atoms with van der Waals surface area (Å²) in [6, 6.07) is 11.6. The fourth-order valence-corrected chi connectivity index (χ4v) is 3.67. The molecule has 2 aromatic carbocycles. The number of anilines is 2. The van der Waals surface area contributed by atoms with Crippen molar-refractivity contribution in [2.75, 3.05) is 5.32 Å². The van der Waals surface area contributed by atoms with Crippen LogP contribution in [0.15, 0.2) is 48.7 Å². The monoisotopic (exact) mass is 491 g/mol. The zero-order valence-corrected chi connectivity index (χ0v) is 18.9. The van der Waals surface area contributed by atoms with Gasteiger partial charge in [-0.1, -0.05) is 29.3 Å². The van der Waals surface area contributed by atoms with Crippen LogP contribution in [0.3, 0.4) is 0 Å². The molecule has 0 unspecified atom stereocenters. The highest BCUT2D eigenvalue weighted by molar-refractivity contribution is 6.37. The highest BCUT2D eigenvalue weighted by Gasteiger charge is 2.28. The first kappa shape index (κ1) is 22.7. The Hall–Kier alpha value is -3.50. The van der Waals surface area contributed by atoms with Gasteiger partial charge in [-0.05, 0) is 36.4 Å². The number of para-hydroxylation sites is 1. The van der Waals surface area contributed by atoms with Gasteiger partial charge in [-0.15, -0.1) is 15.0 Å². The van der Waals surface area contributed by atoms with E-state index in [9.17, 15) is 13.6 Å². The van der Waals surface area contributed by atoms with Crippen LogP contribution in [0, 0.1) is 0 Å². The van der Waals surface area contributed by atoms with E-state index in [-0.39, 0.29) is 27.3 Å². The number of primary amides is 1. The van der Waals surface area contributed by atoms with E-state index >= 15 is 0 Å². The van der Waals surface area contributed by atoms with E-state index in [1.165, 1.54) is 10.8 Å². The highest BCUT2D eigenvalue weighted by atomic mass is 35.5. The number of alkyl halides is 2. The molecule has 8 nitrogen and oxygen atoms in total. The molecule has 12 heteroatoms. The predicted molar refractivity (Wildman–Crippen MR) is 121 cm³/mol. The minimum Gasteiger partial charge on any atom is -0.364 e. The lowest BCUT2D eigenvalue weighted by atomic mass is 10.2. The summed E-state index contributed by atoms with van der Waals surface area (Å²) < 4.78 is 28.7. The second-order valence-corrected chi connectivity index (χ2v) is 8.09. The Morgan fingerprint density at radius 3 is 2.27 bits per heavy atom. The minimum absolute atomic E-state index is 0.0936. The smallest absolute Gasteiger partial charge is 0.288 e. The summed E-state index contributed by atoms with van der Waals surface area (Å²) >= 11 is 12.4. The Labute approximate surface area is 196 Å². The first-order valence-corrected chi connectivity index (χ1v) is 10.3. The maximum absolute atomic E-state index is 13.6. The maximum Gasteiger partial charge on any atom is 0.288 e. The number of imidazole rings is 1. The number of nitrogens with two attached hydrogens (primary N) is 1. The van der Waals surface area contributed by atoms with Crippen molar-refractivity contribution >= 4 is 40.6 Å². The number of aromatic nitrogens is 5. The van der Waals surface area contributed by atoms with Crippen molar-refractivity contribution < 1.29 is 13.6 Å². The number of halogens is 4. The molecular formula is C21H17Cl2F2N7O. The molecule has 0 aliphatic carbocycles. The van der Waals surface area contributed by atoms with Gasteiger partial charge >= 0.3 is 0 Å². The number of amides is 1. The van der Waals surface area contributed by atoms with Crippen LogP contribution in [0.2, 0.25) is 10.0 Å². The van der Waals surface area contributed by atoms with Crippen LogP contribution in [0.4, 0.5) is 20.3 Å². The molecule has 0 saturated carbocycles. The molecule has 0 bridgehead atoms. The van der Waals surface area contributed by atoms with Crippen molar-refractivity contribution in [2.24, 2.45) is 12.8 Å². The lowest BCUT2D eigenvalue weighted by Gasteiger charge is -2.07. The van der Waals surface area contributed by atoms with Gasteiger partial charge in [0.05, 0.1) is 10.0 Å². The van der Waals surface area contributed by atoms with Gasteiger partial charge < -0.3 is 15.6 Å². The van der Waals surface area contributed by atoms with E-state index < -0.39 is 11.8 Å². The first-order chi connectivity index (χ1) is 15.5. The Morgan fingerprint density at radius 2 is 1.73 bits per heavy atom. The van der Waals surface area contributed by atoms with Crippen LogP contribution in [-0.2, 0) is 13.0 Å². The van der Waals surface area contributed by atoms with Crippen LogP contribution < -0.4 is 11.1 Å². The number of nitrogens with zero attached hydrogens (tertiary/aromatic N) is 5. The summed E-state index contributed by atoms with van der Waals surface area (Å²) in [6.07, 6.45) is 1.29. The van der Waals surface area contributed by atoms with Crippen LogP contribution in [-0.4, -0.2) is 30.5 Å². The maximum atomic E-state index is 13.6. The largest absolute Gasteiger partial charge is 0.364 e. The average molecular weight is 492 g/mol. The zero-order chi connectivity index (χ0) is 23.9. The summed E-state index contributed by atoms with van der Waals surface area (Å²) in [5.74, 6) is -3.37. The molecule has 2 aromatic heterocycles. The van der Waals surface area contributed by atoms with Crippen LogP contribution in [0.5, 0.6) is 0 Å². The van der Waals surface area contributed by atoms with E-state index in [1.54, 1.807) is 49.5 Å². The number of hydrogen-bond acceptors (Lipinski definition) is 5. The summed E-state index contributed by atoms with van der Waals surface area (Å²) in [6.45, 7) is 0.797. The summed E-state index contributed by atoms with van der Waals surface area (Å²) in [5, 5.41) is 11.9. The second-order valence-electron chi connectivity index (χ2n) is 7.27. The molecule has 4 aromatic rings. The molecule has 0 spiro atoms. The summed E-state index contributed by atoms with van der Waals surface area (Å²) in [7, 11) is 1.64. The van der Waals surface area contributed by atoms with E-state index in [2.05, 4.69) is 20.5 Å². The number of nitrogens with one attached hydrogen (secondary N) is 1. The quantitative estimate of drug-likeness (QED) is 0.397. The van der Waals surface area contributed by atoms with E-state index in [1.807, 2.05) is 0 Å². The standard InChI is InChI=1S/C21H17Cl2F2N7O/c1-21(24,25)15-10-31(2)20(28-15)11-6-8-12(9-7-11)27-19-16(18(26)33)29-32(30-19)17-13(22)4-3-5-14(17)23/h3-10H,1-2H3,(H2,26,33)(H,27,30). The van der Waals surface area contributed by atoms with Gasteiger partial charge in [0.15, 0.2) is 11.5 Å². The molecule has 33 heavy (non-hydrogen) atoms. The van der Waals surface area contributed by atoms with Crippen molar-refractivity contribution in [3.63, 3.8) is 0 Å². The number of carbonyl (C=O) groups is 1. The molecule has 0 aliphatic heterocycles. The molecule has 2 heterocycles. The van der Waals surface area contributed by atoms with Gasteiger partial charge in [-0.2, -0.15) is 8.78 Å². The number of benzene rings is 2. The predicted octanol–water partition coefficient (Wildman–Crippen LogP) is 4.93. The third kappa shape index (κ3) is 4.53. The Morgan fingerprint density at radius 1 is 1.09 bits per heavy atom. The number of carbonyl (C=O) groups excluding carboxylic acids is 1. The number of hydrogen-bond donors (Lipinski definition) is 2. The van der Waals surface area contributed by atoms with Crippen molar-refractivity contribution in [3.8, 4) is 17.1 Å². The number of aryl methyl sites for hydroxylation is 1. The van der Waals surface area contributed by atoms with Crippen LogP contribution in [0.1, 0.15) is 23.1 Å². The highest BCUT2D eigenvalue weighted by Crippen LogP contribution is 2.31. The normalized spacial score (nSPS) is 11.6.